The summed E-state index contributed by atoms with van der Waals surface area (Å²) in [5, 5.41) is 17.5. The number of rotatable bonds is 7. The zero-order chi connectivity index (χ0) is 10.3. The van der Waals surface area contributed by atoms with Crippen molar-refractivity contribution in [2.24, 2.45) is 5.73 Å². The smallest absolute Gasteiger partial charge is 0.402 e. The van der Waals surface area contributed by atoms with Gasteiger partial charge in [-0.15, -0.1) is 0 Å². The van der Waals surface area contributed by atoms with Gasteiger partial charge in [-0.25, -0.2) is 0 Å². The van der Waals surface area contributed by atoms with Crippen molar-refractivity contribution in [3.63, 3.8) is 0 Å². The zero-order valence-corrected chi connectivity index (χ0v) is 8.49. The maximum atomic E-state index is 8.75. The Bertz CT molecular complexity index is 127. The average Bonchev–Trinajstić information content (AvgIpc) is 2.04. The molecule has 0 fully saturated rings. The highest BCUT2D eigenvalue weighted by molar-refractivity contribution is 6.32. The molecule has 0 atom stereocenters. The molecule has 0 radical (unpaired) electrons. The Morgan fingerprint density at radius 1 is 1.23 bits per heavy atom. The van der Waals surface area contributed by atoms with E-state index in [4.69, 9.17) is 20.4 Å². The van der Waals surface area contributed by atoms with E-state index in [1.165, 1.54) is 0 Å². The van der Waals surface area contributed by atoms with Gasteiger partial charge >= 0.3 is 7.32 Å². The highest BCUT2D eigenvalue weighted by Crippen LogP contribution is 2.23. The molecule has 0 bridgehead atoms. The van der Waals surface area contributed by atoms with E-state index in [-0.39, 0.29) is 0 Å². The van der Waals surface area contributed by atoms with Gasteiger partial charge in [0.05, 0.1) is 5.60 Å². The summed E-state index contributed by atoms with van der Waals surface area (Å²) in [6.45, 7) is 4.37. The van der Waals surface area contributed by atoms with Gasteiger partial charge in [0.25, 0.3) is 0 Å². The second-order valence-electron chi connectivity index (χ2n) is 3.33. The van der Waals surface area contributed by atoms with E-state index in [1.54, 1.807) is 0 Å². The van der Waals surface area contributed by atoms with Crippen LogP contribution in [0.4, 0.5) is 0 Å². The second kappa shape index (κ2) is 6.37. The Kier molecular flexibility index (Phi) is 6.33. The lowest BCUT2D eigenvalue weighted by molar-refractivity contribution is 0.0107. The molecule has 5 heteroatoms. The zero-order valence-electron chi connectivity index (χ0n) is 8.49. The lowest BCUT2D eigenvalue weighted by atomic mass is 9.91. The van der Waals surface area contributed by atoms with Crippen molar-refractivity contribution >= 4 is 7.32 Å². The molecular weight excluding hydrogens is 169 g/mol. The van der Waals surface area contributed by atoms with Gasteiger partial charge in [-0.1, -0.05) is 26.7 Å². The summed E-state index contributed by atoms with van der Waals surface area (Å²) in [7, 11) is -1.72. The van der Waals surface area contributed by atoms with Crippen LogP contribution in [-0.2, 0) is 4.65 Å². The van der Waals surface area contributed by atoms with E-state index in [2.05, 4.69) is 0 Å². The van der Waals surface area contributed by atoms with E-state index < -0.39 is 12.9 Å². The molecule has 4 N–H and O–H groups in total. The molecule has 4 nitrogen and oxygen atoms in total. The predicted octanol–water partition coefficient (Wildman–Crippen LogP) is 0.270. The van der Waals surface area contributed by atoms with Crippen molar-refractivity contribution in [3.05, 3.63) is 0 Å². The van der Waals surface area contributed by atoms with Crippen molar-refractivity contribution in [2.75, 3.05) is 6.54 Å². The summed E-state index contributed by atoms with van der Waals surface area (Å²) < 4.78 is 5.05. The van der Waals surface area contributed by atoms with Crippen LogP contribution in [0.1, 0.15) is 39.5 Å². The summed E-state index contributed by atoms with van der Waals surface area (Å²) in [5.41, 5.74) is 5.02. The van der Waals surface area contributed by atoms with Crippen LogP contribution >= 0.6 is 0 Å². The molecule has 0 aromatic rings. The molecule has 0 heterocycles. The first-order chi connectivity index (χ1) is 6.10. The molecule has 0 aromatic heterocycles. The van der Waals surface area contributed by atoms with Crippen LogP contribution in [0.3, 0.4) is 0 Å². The molecular formula is C8H20BNO3. The highest BCUT2D eigenvalue weighted by Gasteiger charge is 2.32. The summed E-state index contributed by atoms with van der Waals surface area (Å²) in [6.07, 6.45) is 3.36. The van der Waals surface area contributed by atoms with Gasteiger partial charge < -0.3 is 20.4 Å². The van der Waals surface area contributed by atoms with Crippen LogP contribution in [0, 0.1) is 0 Å². The minimum Gasteiger partial charge on any atom is -0.402 e. The lowest BCUT2D eigenvalue weighted by Crippen LogP contribution is -2.45. The van der Waals surface area contributed by atoms with Crippen LogP contribution in [0.2, 0.25) is 0 Å². The summed E-state index contributed by atoms with van der Waals surface area (Å²) >= 11 is 0. The molecule has 0 aliphatic heterocycles. The Hall–Kier alpha value is -0.0951. The minimum absolute atomic E-state index is 0.326. The lowest BCUT2D eigenvalue weighted by Gasteiger charge is -2.32. The molecule has 0 saturated carbocycles. The molecule has 0 saturated heterocycles. The minimum atomic E-state index is -1.72. The van der Waals surface area contributed by atoms with Gasteiger partial charge in [0.2, 0.25) is 0 Å². The number of nitrogens with two attached hydrogens (primary N) is 1. The van der Waals surface area contributed by atoms with Crippen molar-refractivity contribution < 1.29 is 14.7 Å². The second-order valence-corrected chi connectivity index (χ2v) is 3.33. The fraction of sp³-hybridized carbons (Fsp3) is 1.00. The summed E-state index contributed by atoms with van der Waals surface area (Å²) in [5.74, 6) is 0. The van der Waals surface area contributed by atoms with Gasteiger partial charge in [0.15, 0.2) is 0 Å². The third kappa shape index (κ3) is 4.62. The van der Waals surface area contributed by atoms with Crippen LogP contribution in [0.5, 0.6) is 0 Å². The molecule has 0 aliphatic carbocycles. The fourth-order valence-corrected chi connectivity index (χ4v) is 1.63. The third-order valence-electron chi connectivity index (χ3n) is 2.14. The summed E-state index contributed by atoms with van der Waals surface area (Å²) in [6, 6.07) is 0. The molecule has 0 rings (SSSR count). The SMILES string of the molecule is CCCC(CN)(CCC)OB(O)O. The van der Waals surface area contributed by atoms with E-state index in [1.807, 2.05) is 13.8 Å². The molecule has 13 heavy (non-hydrogen) atoms. The van der Waals surface area contributed by atoms with Gasteiger partial charge in [-0.2, -0.15) is 0 Å². The van der Waals surface area contributed by atoms with Gasteiger partial charge in [-0.3, -0.25) is 0 Å². The van der Waals surface area contributed by atoms with Crippen LogP contribution < -0.4 is 5.73 Å². The van der Waals surface area contributed by atoms with Crippen LogP contribution in [-0.4, -0.2) is 29.5 Å². The number of hydrogen-bond acceptors (Lipinski definition) is 4. The van der Waals surface area contributed by atoms with Crippen molar-refractivity contribution in [1.82, 2.24) is 0 Å². The Morgan fingerprint density at radius 3 is 1.92 bits per heavy atom. The quantitative estimate of drug-likeness (QED) is 0.502. The van der Waals surface area contributed by atoms with E-state index in [0.717, 1.165) is 25.7 Å². The summed E-state index contributed by atoms with van der Waals surface area (Å²) in [4.78, 5) is 0. The van der Waals surface area contributed by atoms with Gasteiger partial charge in [-0.05, 0) is 12.8 Å². The Morgan fingerprint density at radius 2 is 1.69 bits per heavy atom. The fourth-order valence-electron chi connectivity index (χ4n) is 1.63. The molecule has 0 unspecified atom stereocenters. The predicted molar refractivity (Wildman–Crippen MR) is 52.9 cm³/mol. The van der Waals surface area contributed by atoms with E-state index in [9.17, 15) is 0 Å². The van der Waals surface area contributed by atoms with Crippen molar-refractivity contribution in [2.45, 2.75) is 45.1 Å². The Labute approximate surface area is 80.3 Å². The highest BCUT2D eigenvalue weighted by atomic mass is 16.6. The maximum absolute atomic E-state index is 8.75. The number of hydrogen-bond donors (Lipinski definition) is 3. The van der Waals surface area contributed by atoms with E-state index in [0.29, 0.717) is 6.54 Å². The normalized spacial score (nSPS) is 11.8. The standard InChI is InChI=1S/C8H20BNO3/c1-3-5-8(7-10,6-4-2)13-9(11)12/h11-12H,3-7,10H2,1-2H3. The molecule has 0 amide bonds. The van der Waals surface area contributed by atoms with Gasteiger partial charge in [0, 0.05) is 6.54 Å². The first-order valence-corrected chi connectivity index (χ1v) is 4.84. The van der Waals surface area contributed by atoms with Crippen molar-refractivity contribution in [3.8, 4) is 0 Å². The third-order valence-corrected chi connectivity index (χ3v) is 2.14. The first kappa shape index (κ1) is 12.9. The van der Waals surface area contributed by atoms with E-state index >= 15 is 0 Å². The van der Waals surface area contributed by atoms with Crippen LogP contribution in [0.25, 0.3) is 0 Å². The Balaban J connectivity index is 4.24. The monoisotopic (exact) mass is 189 g/mol. The first-order valence-electron chi connectivity index (χ1n) is 4.84. The average molecular weight is 189 g/mol. The van der Waals surface area contributed by atoms with Crippen molar-refractivity contribution in [1.29, 1.82) is 0 Å². The molecule has 0 spiro atoms. The van der Waals surface area contributed by atoms with Crippen LogP contribution in [0.15, 0.2) is 0 Å². The molecule has 0 aromatic carbocycles. The maximum Gasteiger partial charge on any atom is 0.634 e. The van der Waals surface area contributed by atoms with Gasteiger partial charge in [0.1, 0.15) is 0 Å². The topological polar surface area (TPSA) is 75.7 Å². The molecule has 78 valence electrons. The molecule has 0 aliphatic rings. The largest absolute Gasteiger partial charge is 0.634 e.